The van der Waals surface area contributed by atoms with Gasteiger partial charge in [-0.2, -0.15) is 0 Å². The van der Waals surface area contributed by atoms with E-state index in [2.05, 4.69) is 16.3 Å². The first-order valence-electron chi connectivity index (χ1n) is 11.4. The Bertz CT molecular complexity index is 1090. The van der Waals surface area contributed by atoms with E-state index < -0.39 is 0 Å². The van der Waals surface area contributed by atoms with Crippen LogP contribution >= 0.6 is 11.3 Å². The molecule has 1 amide bonds. The van der Waals surface area contributed by atoms with E-state index in [1.54, 1.807) is 25.6 Å². The molecular weight excluding hydrogens is 438 g/mol. The van der Waals surface area contributed by atoms with Gasteiger partial charge in [-0.25, -0.2) is 4.98 Å². The first-order chi connectivity index (χ1) is 16.1. The van der Waals surface area contributed by atoms with Crippen LogP contribution in [0.4, 0.5) is 5.13 Å². The van der Waals surface area contributed by atoms with Crippen molar-refractivity contribution < 1.29 is 19.0 Å². The number of piperidine rings is 1. The average Bonchev–Trinajstić information content (AvgIpc) is 3.28. The van der Waals surface area contributed by atoms with Gasteiger partial charge in [0.05, 0.1) is 31.0 Å². The number of carbonyl (C=O) groups is 1. The second-order valence-corrected chi connectivity index (χ2v) is 9.05. The number of ether oxygens (including phenoxy) is 3. The van der Waals surface area contributed by atoms with Gasteiger partial charge in [0, 0.05) is 31.6 Å². The van der Waals surface area contributed by atoms with Gasteiger partial charge in [-0.1, -0.05) is 17.4 Å². The van der Waals surface area contributed by atoms with Gasteiger partial charge in [-0.15, -0.1) is 0 Å². The van der Waals surface area contributed by atoms with Gasteiger partial charge in [0.15, 0.2) is 5.13 Å². The number of carbonyl (C=O) groups excluding carboxylic acids is 1. The number of nitrogens with zero attached hydrogens (tertiary/aromatic N) is 2. The molecule has 0 radical (unpaired) electrons. The maximum Gasteiger partial charge on any atom is 0.223 e. The fourth-order valence-corrected chi connectivity index (χ4v) is 5.19. The van der Waals surface area contributed by atoms with E-state index in [4.69, 9.17) is 19.2 Å². The topological polar surface area (TPSA) is 72.9 Å². The van der Waals surface area contributed by atoms with Crippen LogP contribution in [0.25, 0.3) is 10.2 Å². The Morgan fingerprint density at radius 3 is 2.64 bits per heavy atom. The Morgan fingerprint density at radius 1 is 1.12 bits per heavy atom. The summed E-state index contributed by atoms with van der Waals surface area (Å²) in [5.41, 5.74) is 2.05. The molecule has 0 atom stereocenters. The minimum atomic E-state index is 0.0398. The van der Waals surface area contributed by atoms with Crippen molar-refractivity contribution in [3.63, 3.8) is 0 Å². The van der Waals surface area contributed by atoms with Crippen molar-refractivity contribution in [1.82, 2.24) is 10.3 Å². The predicted molar refractivity (Wildman–Crippen MR) is 132 cm³/mol. The van der Waals surface area contributed by atoms with Crippen molar-refractivity contribution in [2.75, 3.05) is 45.4 Å². The highest BCUT2D eigenvalue weighted by atomic mass is 32.1. The summed E-state index contributed by atoms with van der Waals surface area (Å²) in [7, 11) is 3.28. The van der Waals surface area contributed by atoms with Crippen LogP contribution in [0.1, 0.15) is 25.3 Å². The van der Waals surface area contributed by atoms with Crippen LogP contribution in [0.2, 0.25) is 0 Å². The molecule has 1 aliphatic heterocycles. The highest BCUT2D eigenvalue weighted by Crippen LogP contribution is 2.33. The third-order valence-electron chi connectivity index (χ3n) is 5.98. The lowest BCUT2D eigenvalue weighted by atomic mass is 9.96. The summed E-state index contributed by atoms with van der Waals surface area (Å²) in [6.45, 7) is 4.89. The molecule has 0 saturated carbocycles. The number of hydrogen-bond donors (Lipinski definition) is 1. The minimum Gasteiger partial charge on any atom is -0.497 e. The standard InChI is InChI=1S/C25H31N3O4S/c1-4-32-20-7-8-21-23(16-20)33-25(27-21)28-13-10-18(11-14-28)24(29)26-12-9-17-5-6-19(30-2)15-22(17)31-3/h5-8,15-16,18H,4,9-14H2,1-3H3,(H,26,29). The summed E-state index contributed by atoms with van der Waals surface area (Å²) >= 11 is 1.68. The lowest BCUT2D eigenvalue weighted by molar-refractivity contribution is -0.125. The summed E-state index contributed by atoms with van der Waals surface area (Å²) in [5, 5.41) is 4.12. The molecule has 1 aliphatic rings. The van der Waals surface area contributed by atoms with Crippen molar-refractivity contribution >= 4 is 32.6 Å². The molecule has 0 spiro atoms. The lowest BCUT2D eigenvalue weighted by Crippen LogP contribution is -2.41. The van der Waals surface area contributed by atoms with Crippen molar-refractivity contribution in [1.29, 1.82) is 0 Å². The maximum absolute atomic E-state index is 12.7. The van der Waals surface area contributed by atoms with E-state index in [-0.39, 0.29) is 11.8 Å². The van der Waals surface area contributed by atoms with Gasteiger partial charge in [0.1, 0.15) is 17.2 Å². The van der Waals surface area contributed by atoms with Crippen LogP contribution in [0.15, 0.2) is 36.4 Å². The van der Waals surface area contributed by atoms with E-state index in [1.165, 1.54) is 0 Å². The summed E-state index contributed by atoms with van der Waals surface area (Å²) in [4.78, 5) is 19.8. The molecule has 0 aliphatic carbocycles. The molecule has 4 rings (SSSR count). The number of anilines is 1. The third-order valence-corrected chi connectivity index (χ3v) is 7.06. The second kappa shape index (κ2) is 10.7. The molecule has 0 bridgehead atoms. The number of benzene rings is 2. The van der Waals surface area contributed by atoms with Crippen molar-refractivity contribution in [3.8, 4) is 17.2 Å². The molecule has 1 fully saturated rings. The maximum atomic E-state index is 12.7. The van der Waals surface area contributed by atoms with Crippen molar-refractivity contribution in [2.24, 2.45) is 5.92 Å². The normalized spacial score (nSPS) is 14.3. The van der Waals surface area contributed by atoms with Gasteiger partial charge in [-0.3, -0.25) is 4.79 Å². The Hall–Kier alpha value is -3.00. The molecule has 1 aromatic heterocycles. The van der Waals surface area contributed by atoms with E-state index in [0.717, 1.165) is 64.1 Å². The molecule has 176 valence electrons. The monoisotopic (exact) mass is 469 g/mol. The second-order valence-electron chi connectivity index (χ2n) is 8.04. The highest BCUT2D eigenvalue weighted by molar-refractivity contribution is 7.22. The van der Waals surface area contributed by atoms with Crippen molar-refractivity contribution in [2.45, 2.75) is 26.2 Å². The summed E-state index contributed by atoms with van der Waals surface area (Å²) in [6.07, 6.45) is 2.38. The molecule has 0 unspecified atom stereocenters. The molecule has 3 aromatic rings. The van der Waals surface area contributed by atoms with Crippen molar-refractivity contribution in [3.05, 3.63) is 42.0 Å². The Morgan fingerprint density at radius 2 is 1.91 bits per heavy atom. The number of rotatable bonds is 9. The predicted octanol–water partition coefficient (Wildman–Crippen LogP) is 4.29. The highest BCUT2D eigenvalue weighted by Gasteiger charge is 2.26. The number of aromatic nitrogens is 1. The van der Waals surface area contributed by atoms with E-state index >= 15 is 0 Å². The molecule has 7 nitrogen and oxygen atoms in total. The first kappa shape index (κ1) is 23.2. The Labute approximate surface area is 198 Å². The molecular formula is C25H31N3O4S. The molecule has 2 aromatic carbocycles. The van der Waals surface area contributed by atoms with Gasteiger partial charge in [0.2, 0.25) is 5.91 Å². The van der Waals surface area contributed by atoms with Gasteiger partial charge in [0.25, 0.3) is 0 Å². The van der Waals surface area contributed by atoms with E-state index in [1.807, 2.05) is 37.3 Å². The van der Waals surface area contributed by atoms with Crippen LogP contribution in [0, 0.1) is 5.92 Å². The molecule has 1 N–H and O–H groups in total. The van der Waals surface area contributed by atoms with Crippen LogP contribution in [-0.4, -0.2) is 51.4 Å². The smallest absolute Gasteiger partial charge is 0.223 e. The summed E-state index contributed by atoms with van der Waals surface area (Å²) in [5.74, 6) is 2.59. The fraction of sp³-hybridized carbons (Fsp3) is 0.440. The van der Waals surface area contributed by atoms with Gasteiger partial charge in [-0.05, 0) is 56.0 Å². The number of methoxy groups -OCH3 is 2. The van der Waals surface area contributed by atoms with Gasteiger partial charge >= 0.3 is 0 Å². The van der Waals surface area contributed by atoms with E-state index in [9.17, 15) is 4.79 Å². The Balaban J connectivity index is 1.27. The fourth-order valence-electron chi connectivity index (χ4n) is 4.14. The minimum absolute atomic E-state index is 0.0398. The van der Waals surface area contributed by atoms with Crippen LogP contribution in [-0.2, 0) is 11.2 Å². The van der Waals surface area contributed by atoms with Gasteiger partial charge < -0.3 is 24.4 Å². The summed E-state index contributed by atoms with van der Waals surface area (Å²) < 4.78 is 17.4. The van der Waals surface area contributed by atoms with Crippen LogP contribution in [0.5, 0.6) is 17.2 Å². The average molecular weight is 470 g/mol. The quantitative estimate of drug-likeness (QED) is 0.504. The molecule has 33 heavy (non-hydrogen) atoms. The SMILES string of the molecule is CCOc1ccc2nc(N3CCC(C(=O)NCCc4ccc(OC)cc4OC)CC3)sc2c1. The van der Waals surface area contributed by atoms with Crippen LogP contribution < -0.4 is 24.4 Å². The number of amides is 1. The first-order valence-corrected chi connectivity index (χ1v) is 12.2. The number of fused-ring (bicyclic) bond motifs is 1. The molecule has 8 heteroatoms. The third kappa shape index (κ3) is 5.50. The zero-order valence-electron chi connectivity index (χ0n) is 19.4. The number of thiazole rings is 1. The number of nitrogens with one attached hydrogen (secondary N) is 1. The zero-order valence-corrected chi connectivity index (χ0v) is 20.2. The van der Waals surface area contributed by atoms with E-state index in [0.29, 0.717) is 19.6 Å². The van der Waals surface area contributed by atoms with Crippen LogP contribution in [0.3, 0.4) is 0 Å². The summed E-state index contributed by atoms with van der Waals surface area (Å²) in [6, 6.07) is 11.8. The largest absolute Gasteiger partial charge is 0.497 e. The lowest BCUT2D eigenvalue weighted by Gasteiger charge is -2.31. The zero-order chi connectivity index (χ0) is 23.2. The number of hydrogen-bond acceptors (Lipinski definition) is 7. The molecule has 1 saturated heterocycles. The Kier molecular flexibility index (Phi) is 7.54. The molecule has 2 heterocycles.